The third-order valence-electron chi connectivity index (χ3n) is 6.92. The number of halogens is 1. The topological polar surface area (TPSA) is 55.4 Å². The van der Waals surface area contributed by atoms with Gasteiger partial charge in [0, 0.05) is 65.4 Å². The number of ether oxygens (including phenoxy) is 1. The van der Waals surface area contributed by atoms with Gasteiger partial charge >= 0.3 is 0 Å². The molecule has 2 aliphatic heterocycles. The first kappa shape index (κ1) is 28.9. The predicted octanol–water partition coefficient (Wildman–Crippen LogP) is 2.32. The van der Waals surface area contributed by atoms with Gasteiger partial charge in [0.2, 0.25) is 0 Å². The number of hydrogen-bond donors (Lipinski definition) is 2. The van der Waals surface area contributed by atoms with Crippen molar-refractivity contribution < 1.29 is 4.74 Å². The quantitative estimate of drug-likeness (QED) is 0.168. The van der Waals surface area contributed by atoms with Crippen molar-refractivity contribution in [1.82, 2.24) is 25.3 Å². The molecule has 0 spiro atoms. The van der Waals surface area contributed by atoms with E-state index in [2.05, 4.69) is 51.1 Å². The Morgan fingerprint density at radius 2 is 1.55 bits per heavy atom. The lowest BCUT2D eigenvalue weighted by Gasteiger charge is -2.39. The minimum atomic E-state index is 0. The van der Waals surface area contributed by atoms with E-state index in [1.165, 1.54) is 65.0 Å². The van der Waals surface area contributed by atoms with Crippen LogP contribution < -0.4 is 10.6 Å². The number of hydrogen-bond acceptors (Lipinski definition) is 5. The maximum Gasteiger partial charge on any atom is 0.191 e. The molecule has 2 N–H and O–H groups in total. The molecule has 2 heterocycles. The Kier molecular flexibility index (Phi) is 16.1. The normalized spacial score (nSPS) is 20.5. The molecular formula is C23H49IN6O. The molecule has 0 aromatic rings. The first-order valence-corrected chi connectivity index (χ1v) is 12.4. The second kappa shape index (κ2) is 17.3. The van der Waals surface area contributed by atoms with E-state index in [1.54, 1.807) is 0 Å². The third-order valence-corrected chi connectivity index (χ3v) is 6.92. The number of morpholine rings is 1. The molecule has 0 bridgehead atoms. The van der Waals surface area contributed by atoms with Crippen LogP contribution in [0.3, 0.4) is 0 Å². The van der Waals surface area contributed by atoms with Gasteiger partial charge in [0.05, 0.1) is 13.2 Å². The lowest BCUT2D eigenvalue weighted by Crippen LogP contribution is -2.53. The second-order valence-corrected chi connectivity index (χ2v) is 8.66. The largest absolute Gasteiger partial charge is 0.379 e. The van der Waals surface area contributed by atoms with Crippen molar-refractivity contribution in [3.8, 4) is 0 Å². The average Bonchev–Trinajstić information content (AvgIpc) is 2.81. The summed E-state index contributed by atoms with van der Waals surface area (Å²) in [7, 11) is 1.88. The molecule has 2 fully saturated rings. The molecule has 1 atom stereocenters. The lowest BCUT2D eigenvalue weighted by molar-refractivity contribution is 0.00272. The van der Waals surface area contributed by atoms with E-state index in [9.17, 15) is 0 Å². The Morgan fingerprint density at radius 1 is 0.903 bits per heavy atom. The van der Waals surface area contributed by atoms with Gasteiger partial charge in [-0.05, 0) is 31.8 Å². The summed E-state index contributed by atoms with van der Waals surface area (Å²) in [6.07, 6.45) is 4.88. The van der Waals surface area contributed by atoms with E-state index in [0.717, 1.165) is 45.4 Å². The second-order valence-electron chi connectivity index (χ2n) is 8.66. The highest BCUT2D eigenvalue weighted by atomic mass is 127. The molecule has 0 aliphatic carbocycles. The highest BCUT2D eigenvalue weighted by molar-refractivity contribution is 14.0. The summed E-state index contributed by atoms with van der Waals surface area (Å²) < 4.78 is 5.57. The van der Waals surface area contributed by atoms with Crippen LogP contribution in [0.15, 0.2) is 4.99 Å². The van der Waals surface area contributed by atoms with Crippen LogP contribution in [0.4, 0.5) is 0 Å². The molecule has 0 saturated carbocycles. The molecular weight excluding hydrogens is 503 g/mol. The smallest absolute Gasteiger partial charge is 0.191 e. The number of nitrogens with zero attached hydrogens (tertiary/aromatic N) is 4. The molecule has 184 valence electrons. The zero-order chi connectivity index (χ0) is 21.6. The van der Waals surface area contributed by atoms with Crippen LogP contribution >= 0.6 is 24.0 Å². The molecule has 1 unspecified atom stereocenters. The number of unbranched alkanes of at least 4 members (excludes halogenated alkanes) is 1. The van der Waals surface area contributed by atoms with Crippen molar-refractivity contribution in [3.05, 3.63) is 0 Å². The van der Waals surface area contributed by atoms with Gasteiger partial charge in [0.15, 0.2) is 5.96 Å². The zero-order valence-corrected chi connectivity index (χ0v) is 22.9. The maximum absolute atomic E-state index is 5.57. The molecule has 2 saturated heterocycles. The van der Waals surface area contributed by atoms with Crippen LogP contribution in [0, 0.1) is 5.92 Å². The van der Waals surface area contributed by atoms with E-state index in [-0.39, 0.29) is 24.0 Å². The first-order valence-electron chi connectivity index (χ1n) is 12.4. The standard InChI is InChI=1S/C23H48N6O.HI/c1-5-21(6-2)22(29-16-18-30-19-17-29)20-26-23(24-4)25-10-8-9-11-28-14-12-27(7-3)13-15-28;/h21-22H,5-20H2,1-4H3,(H2,24,25,26);1H. The molecule has 2 rings (SSSR count). The minimum Gasteiger partial charge on any atom is -0.379 e. The number of guanidine groups is 1. The van der Waals surface area contributed by atoms with Crippen LogP contribution in [0.5, 0.6) is 0 Å². The Bertz CT molecular complexity index is 463. The monoisotopic (exact) mass is 552 g/mol. The summed E-state index contributed by atoms with van der Waals surface area (Å²) in [6, 6.07) is 0.546. The van der Waals surface area contributed by atoms with Crippen LogP contribution in [0.25, 0.3) is 0 Å². The SMILES string of the molecule is CCC(CC)C(CNC(=NC)NCCCCN1CCN(CC)CC1)N1CCOCC1.I. The fourth-order valence-electron chi connectivity index (χ4n) is 4.75. The number of aliphatic imine (C=N–C) groups is 1. The number of rotatable bonds is 12. The van der Waals surface area contributed by atoms with Crippen molar-refractivity contribution in [2.45, 2.75) is 52.5 Å². The van der Waals surface area contributed by atoms with Gasteiger partial charge in [-0.15, -0.1) is 24.0 Å². The predicted molar refractivity (Wildman–Crippen MR) is 143 cm³/mol. The van der Waals surface area contributed by atoms with Gasteiger partial charge in [-0.3, -0.25) is 9.89 Å². The minimum absolute atomic E-state index is 0. The summed E-state index contributed by atoms with van der Waals surface area (Å²) in [4.78, 5) is 12.2. The van der Waals surface area contributed by atoms with Gasteiger partial charge in [0.25, 0.3) is 0 Å². The van der Waals surface area contributed by atoms with Gasteiger partial charge in [-0.2, -0.15) is 0 Å². The molecule has 0 amide bonds. The Morgan fingerprint density at radius 3 is 2.13 bits per heavy atom. The van der Waals surface area contributed by atoms with Crippen molar-refractivity contribution in [2.24, 2.45) is 10.9 Å². The lowest BCUT2D eigenvalue weighted by atomic mass is 9.92. The zero-order valence-electron chi connectivity index (χ0n) is 20.6. The first-order chi connectivity index (χ1) is 14.7. The molecule has 7 nitrogen and oxygen atoms in total. The average molecular weight is 553 g/mol. The van der Waals surface area contributed by atoms with Crippen molar-refractivity contribution >= 4 is 29.9 Å². The van der Waals surface area contributed by atoms with Crippen LogP contribution in [-0.4, -0.2) is 112 Å². The number of nitrogens with one attached hydrogen (secondary N) is 2. The van der Waals surface area contributed by atoms with Crippen LogP contribution in [-0.2, 0) is 4.74 Å². The number of piperazine rings is 1. The fraction of sp³-hybridized carbons (Fsp3) is 0.957. The van der Waals surface area contributed by atoms with E-state index in [4.69, 9.17) is 4.74 Å². The molecule has 0 aromatic heterocycles. The Hall–Kier alpha value is -0.160. The van der Waals surface area contributed by atoms with Crippen molar-refractivity contribution in [1.29, 1.82) is 0 Å². The summed E-state index contributed by atoms with van der Waals surface area (Å²) in [5.74, 6) is 1.65. The molecule has 0 radical (unpaired) electrons. The summed E-state index contributed by atoms with van der Waals surface area (Å²) in [6.45, 7) is 20.0. The van der Waals surface area contributed by atoms with E-state index < -0.39 is 0 Å². The summed E-state index contributed by atoms with van der Waals surface area (Å²) in [5, 5.41) is 7.13. The molecule has 8 heteroatoms. The third kappa shape index (κ3) is 10.5. The van der Waals surface area contributed by atoms with Gasteiger partial charge in [-0.25, -0.2) is 0 Å². The van der Waals surface area contributed by atoms with E-state index in [1.807, 2.05) is 7.05 Å². The van der Waals surface area contributed by atoms with E-state index in [0.29, 0.717) is 12.0 Å². The van der Waals surface area contributed by atoms with E-state index >= 15 is 0 Å². The van der Waals surface area contributed by atoms with Gasteiger partial charge < -0.3 is 25.2 Å². The Balaban J connectivity index is 0.00000480. The van der Waals surface area contributed by atoms with Crippen molar-refractivity contribution in [3.63, 3.8) is 0 Å². The van der Waals surface area contributed by atoms with Crippen molar-refractivity contribution in [2.75, 3.05) is 85.7 Å². The highest BCUT2D eigenvalue weighted by Crippen LogP contribution is 2.19. The Labute approximate surface area is 208 Å². The summed E-state index contributed by atoms with van der Waals surface area (Å²) >= 11 is 0. The van der Waals surface area contributed by atoms with Crippen LogP contribution in [0.2, 0.25) is 0 Å². The summed E-state index contributed by atoms with van der Waals surface area (Å²) in [5.41, 5.74) is 0. The maximum atomic E-state index is 5.57. The van der Waals surface area contributed by atoms with Gasteiger partial charge in [0.1, 0.15) is 0 Å². The number of likely N-dealkylation sites (N-methyl/N-ethyl adjacent to an activating group) is 1. The molecule has 31 heavy (non-hydrogen) atoms. The van der Waals surface area contributed by atoms with Crippen LogP contribution in [0.1, 0.15) is 46.5 Å². The fourth-order valence-corrected chi connectivity index (χ4v) is 4.75. The molecule has 0 aromatic carbocycles. The highest BCUT2D eigenvalue weighted by Gasteiger charge is 2.27. The molecule has 2 aliphatic rings. The van der Waals surface area contributed by atoms with Gasteiger partial charge in [-0.1, -0.05) is 33.6 Å².